The first-order valence-corrected chi connectivity index (χ1v) is 9.29. The molecule has 0 aliphatic heterocycles. The Morgan fingerprint density at radius 2 is 1.86 bits per heavy atom. The molecule has 0 saturated heterocycles. The van der Waals surface area contributed by atoms with Gasteiger partial charge in [-0.15, -0.1) is 0 Å². The minimum atomic E-state index is -0.457. The molecule has 1 amide bonds. The molecule has 0 spiro atoms. The average Bonchev–Trinajstić information content (AvgIpc) is 2.70. The van der Waals surface area contributed by atoms with Gasteiger partial charge in [-0.1, -0.05) is 48.5 Å². The highest BCUT2D eigenvalue weighted by Crippen LogP contribution is 2.20. The first-order valence-electron chi connectivity index (χ1n) is 9.29. The van der Waals surface area contributed by atoms with Crippen molar-refractivity contribution in [3.8, 4) is 6.07 Å². The van der Waals surface area contributed by atoms with Crippen LogP contribution in [0.25, 0.3) is 6.08 Å². The van der Waals surface area contributed by atoms with Crippen molar-refractivity contribution in [2.45, 2.75) is 20.3 Å². The SMILES string of the molecule is Cc1ccc(C)c(NC(=O)/C(C#N)=C/c2ccccc2Cc2cccc(F)c2)c1. The fourth-order valence-electron chi connectivity index (χ4n) is 3.07. The van der Waals surface area contributed by atoms with Crippen LogP contribution in [0.3, 0.4) is 0 Å². The highest BCUT2D eigenvalue weighted by atomic mass is 19.1. The van der Waals surface area contributed by atoms with E-state index in [0.29, 0.717) is 12.1 Å². The Labute approximate surface area is 170 Å². The molecule has 3 nitrogen and oxygen atoms in total. The van der Waals surface area contributed by atoms with Gasteiger partial charge >= 0.3 is 0 Å². The molecule has 0 fully saturated rings. The number of benzene rings is 3. The second kappa shape index (κ2) is 8.99. The lowest BCUT2D eigenvalue weighted by Gasteiger charge is -2.10. The zero-order valence-electron chi connectivity index (χ0n) is 16.4. The van der Waals surface area contributed by atoms with Crippen molar-refractivity contribution in [3.05, 3.63) is 106 Å². The van der Waals surface area contributed by atoms with E-state index in [0.717, 1.165) is 27.8 Å². The van der Waals surface area contributed by atoms with E-state index in [1.807, 2.05) is 68.4 Å². The van der Waals surface area contributed by atoms with Gasteiger partial charge in [0.05, 0.1) is 0 Å². The highest BCUT2D eigenvalue weighted by molar-refractivity contribution is 6.10. The summed E-state index contributed by atoms with van der Waals surface area (Å²) < 4.78 is 13.5. The van der Waals surface area contributed by atoms with Crippen molar-refractivity contribution >= 4 is 17.7 Å². The molecule has 0 unspecified atom stereocenters. The molecule has 0 atom stereocenters. The van der Waals surface area contributed by atoms with Crippen molar-refractivity contribution in [1.82, 2.24) is 0 Å². The Kier molecular flexibility index (Phi) is 6.21. The van der Waals surface area contributed by atoms with E-state index < -0.39 is 5.91 Å². The first-order chi connectivity index (χ1) is 14.0. The van der Waals surface area contributed by atoms with Crippen LogP contribution in [-0.4, -0.2) is 5.91 Å². The van der Waals surface area contributed by atoms with Crippen LogP contribution >= 0.6 is 0 Å². The van der Waals surface area contributed by atoms with E-state index in [1.54, 1.807) is 12.1 Å². The molecule has 0 aliphatic carbocycles. The maximum Gasteiger partial charge on any atom is 0.266 e. The standard InChI is InChI=1S/C25H21FN2O/c1-17-10-11-18(2)24(12-17)28-25(29)22(16-27)15-21-8-4-3-7-20(21)13-19-6-5-9-23(26)14-19/h3-12,14-15H,13H2,1-2H3,(H,28,29)/b22-15+. The summed E-state index contributed by atoms with van der Waals surface area (Å²) in [7, 11) is 0. The summed E-state index contributed by atoms with van der Waals surface area (Å²) in [6, 6.07) is 21.7. The molecule has 3 rings (SSSR count). The second-order valence-electron chi connectivity index (χ2n) is 6.95. The zero-order chi connectivity index (χ0) is 20.8. The molecule has 3 aromatic carbocycles. The Bertz CT molecular complexity index is 1130. The number of nitrogens with one attached hydrogen (secondary N) is 1. The van der Waals surface area contributed by atoms with Crippen molar-refractivity contribution in [1.29, 1.82) is 5.26 Å². The van der Waals surface area contributed by atoms with Gasteiger partial charge in [0.15, 0.2) is 0 Å². The number of rotatable bonds is 5. The van der Waals surface area contributed by atoms with Crippen LogP contribution in [0.2, 0.25) is 0 Å². The smallest absolute Gasteiger partial charge is 0.266 e. The number of amides is 1. The third-order valence-corrected chi connectivity index (χ3v) is 4.64. The zero-order valence-corrected chi connectivity index (χ0v) is 16.4. The fraction of sp³-hybridized carbons (Fsp3) is 0.120. The Balaban J connectivity index is 1.88. The second-order valence-corrected chi connectivity index (χ2v) is 6.95. The highest BCUT2D eigenvalue weighted by Gasteiger charge is 2.12. The minimum absolute atomic E-state index is 0.0117. The molecule has 1 N–H and O–H groups in total. The molecule has 0 bridgehead atoms. The lowest BCUT2D eigenvalue weighted by atomic mass is 9.98. The number of anilines is 1. The van der Waals surface area contributed by atoms with Gasteiger partial charge in [-0.3, -0.25) is 4.79 Å². The van der Waals surface area contributed by atoms with E-state index in [4.69, 9.17) is 0 Å². The summed E-state index contributed by atoms with van der Waals surface area (Å²) in [5.74, 6) is -0.747. The maximum absolute atomic E-state index is 13.5. The molecule has 0 radical (unpaired) electrons. The summed E-state index contributed by atoms with van der Waals surface area (Å²) >= 11 is 0. The molecule has 0 aliphatic rings. The fourth-order valence-corrected chi connectivity index (χ4v) is 3.07. The number of hydrogen-bond acceptors (Lipinski definition) is 2. The monoisotopic (exact) mass is 384 g/mol. The van der Waals surface area contributed by atoms with Crippen LogP contribution in [0.1, 0.15) is 27.8 Å². The number of aryl methyl sites for hydroxylation is 2. The van der Waals surface area contributed by atoms with E-state index in [2.05, 4.69) is 5.32 Å². The normalized spacial score (nSPS) is 11.0. The van der Waals surface area contributed by atoms with Crippen molar-refractivity contribution < 1.29 is 9.18 Å². The number of halogens is 1. The minimum Gasteiger partial charge on any atom is -0.321 e. The van der Waals surface area contributed by atoms with Gasteiger partial charge in [0, 0.05) is 5.69 Å². The predicted octanol–water partition coefficient (Wildman–Crippen LogP) is 5.58. The van der Waals surface area contributed by atoms with Crippen molar-refractivity contribution in [2.75, 3.05) is 5.32 Å². The Morgan fingerprint density at radius 3 is 2.62 bits per heavy atom. The summed E-state index contributed by atoms with van der Waals surface area (Å²) in [4.78, 5) is 12.7. The molecular weight excluding hydrogens is 363 g/mol. The van der Waals surface area contributed by atoms with Crippen LogP contribution in [0.5, 0.6) is 0 Å². The lowest BCUT2D eigenvalue weighted by molar-refractivity contribution is -0.112. The molecule has 0 heterocycles. The molecule has 3 aromatic rings. The van der Waals surface area contributed by atoms with Crippen LogP contribution in [0.15, 0.2) is 72.3 Å². The summed E-state index contributed by atoms with van der Waals surface area (Å²) in [5.41, 5.74) is 5.13. The summed E-state index contributed by atoms with van der Waals surface area (Å²) in [6.07, 6.45) is 2.08. The number of nitriles is 1. The lowest BCUT2D eigenvalue weighted by Crippen LogP contribution is -2.14. The van der Waals surface area contributed by atoms with Gasteiger partial charge < -0.3 is 5.32 Å². The Morgan fingerprint density at radius 1 is 1.07 bits per heavy atom. The Hall–Kier alpha value is -3.71. The molecule has 29 heavy (non-hydrogen) atoms. The molecule has 144 valence electrons. The van der Waals surface area contributed by atoms with E-state index in [1.165, 1.54) is 12.1 Å². The van der Waals surface area contributed by atoms with E-state index in [-0.39, 0.29) is 11.4 Å². The number of hydrogen-bond donors (Lipinski definition) is 1. The van der Waals surface area contributed by atoms with E-state index >= 15 is 0 Å². The van der Waals surface area contributed by atoms with Crippen LogP contribution in [0.4, 0.5) is 10.1 Å². The van der Waals surface area contributed by atoms with E-state index in [9.17, 15) is 14.4 Å². The quantitative estimate of drug-likeness (QED) is 0.461. The average molecular weight is 384 g/mol. The molecule has 0 saturated carbocycles. The molecular formula is C25H21FN2O. The van der Waals surface area contributed by atoms with Gasteiger partial charge in [-0.2, -0.15) is 5.26 Å². The third kappa shape index (κ3) is 5.18. The van der Waals surface area contributed by atoms with Gasteiger partial charge in [-0.25, -0.2) is 4.39 Å². The summed E-state index contributed by atoms with van der Waals surface area (Å²) in [6.45, 7) is 3.85. The van der Waals surface area contributed by atoms with Gasteiger partial charge in [-0.05, 0) is 72.4 Å². The molecule has 4 heteroatoms. The third-order valence-electron chi connectivity index (χ3n) is 4.64. The number of nitrogens with zero attached hydrogens (tertiary/aromatic N) is 1. The summed E-state index contributed by atoms with van der Waals surface area (Å²) in [5, 5.41) is 12.4. The number of carbonyl (C=O) groups excluding carboxylic acids is 1. The van der Waals surface area contributed by atoms with Crippen molar-refractivity contribution in [2.24, 2.45) is 0 Å². The van der Waals surface area contributed by atoms with Crippen molar-refractivity contribution in [3.63, 3.8) is 0 Å². The van der Waals surface area contributed by atoms with Crippen LogP contribution < -0.4 is 5.32 Å². The topological polar surface area (TPSA) is 52.9 Å². The first kappa shape index (κ1) is 20.0. The van der Waals surface area contributed by atoms with Crippen LogP contribution in [-0.2, 0) is 11.2 Å². The van der Waals surface area contributed by atoms with Gasteiger partial charge in [0.25, 0.3) is 5.91 Å². The van der Waals surface area contributed by atoms with Gasteiger partial charge in [0.2, 0.25) is 0 Å². The maximum atomic E-state index is 13.5. The largest absolute Gasteiger partial charge is 0.321 e. The number of carbonyl (C=O) groups is 1. The molecule has 0 aromatic heterocycles. The van der Waals surface area contributed by atoms with Gasteiger partial charge in [0.1, 0.15) is 17.5 Å². The predicted molar refractivity (Wildman–Crippen MR) is 114 cm³/mol. The van der Waals surface area contributed by atoms with Crippen LogP contribution in [0, 0.1) is 31.0 Å².